The van der Waals surface area contributed by atoms with E-state index in [4.69, 9.17) is 10.5 Å². The number of hydrogen-bond acceptors (Lipinski definition) is 4. The molecule has 18 heavy (non-hydrogen) atoms. The van der Waals surface area contributed by atoms with Crippen LogP contribution in [0.4, 0.5) is 4.79 Å². The largest absolute Gasteiger partial charge is 0.444 e. The summed E-state index contributed by atoms with van der Waals surface area (Å²) in [6.07, 6.45) is 1.18. The summed E-state index contributed by atoms with van der Waals surface area (Å²) in [6.45, 7) is 5.71. The second kappa shape index (κ2) is 6.15. The molecule has 1 rings (SSSR count). The molecular weight excluding hydrogens is 298 g/mol. The summed E-state index contributed by atoms with van der Waals surface area (Å²) < 4.78 is 5.92. The first kappa shape index (κ1) is 14.9. The Morgan fingerprint density at radius 2 is 2.22 bits per heavy atom. The van der Waals surface area contributed by atoms with E-state index in [0.29, 0.717) is 0 Å². The fraction of sp³-hybridized carbons (Fsp3) is 0.500. The third-order valence-electron chi connectivity index (χ3n) is 2.08. The molecule has 5 nitrogen and oxygen atoms in total. The Morgan fingerprint density at radius 1 is 1.56 bits per heavy atom. The van der Waals surface area contributed by atoms with Crippen molar-refractivity contribution >= 4 is 22.0 Å². The molecular formula is C12H18BrN3O2. The third kappa shape index (κ3) is 5.01. The van der Waals surface area contributed by atoms with Gasteiger partial charge in [0.05, 0.1) is 6.04 Å². The van der Waals surface area contributed by atoms with E-state index in [0.717, 1.165) is 10.2 Å². The topological polar surface area (TPSA) is 77.2 Å². The lowest BCUT2D eigenvalue weighted by molar-refractivity contribution is 0.0505. The second-order valence-corrected chi connectivity index (χ2v) is 5.66. The van der Waals surface area contributed by atoms with Gasteiger partial charge in [0.15, 0.2) is 0 Å². The first-order valence-corrected chi connectivity index (χ1v) is 6.42. The molecule has 6 heteroatoms. The highest BCUT2D eigenvalue weighted by molar-refractivity contribution is 9.10. The average molecular weight is 316 g/mol. The fourth-order valence-electron chi connectivity index (χ4n) is 1.32. The van der Waals surface area contributed by atoms with Gasteiger partial charge in [0.25, 0.3) is 0 Å². The first-order valence-electron chi connectivity index (χ1n) is 5.63. The summed E-state index contributed by atoms with van der Waals surface area (Å²) in [5.74, 6) is 0. The number of carbonyl (C=O) groups excluding carboxylic acids is 1. The summed E-state index contributed by atoms with van der Waals surface area (Å²) in [5.41, 5.74) is 5.96. The zero-order valence-electron chi connectivity index (χ0n) is 10.7. The van der Waals surface area contributed by atoms with E-state index in [9.17, 15) is 4.79 Å². The van der Waals surface area contributed by atoms with Gasteiger partial charge in [0.2, 0.25) is 0 Å². The van der Waals surface area contributed by atoms with Crippen LogP contribution < -0.4 is 11.1 Å². The molecule has 1 unspecified atom stereocenters. The van der Waals surface area contributed by atoms with E-state index >= 15 is 0 Å². The number of nitrogens with zero attached hydrogens (tertiary/aromatic N) is 1. The van der Waals surface area contributed by atoms with Gasteiger partial charge in [-0.25, -0.2) is 9.78 Å². The molecule has 0 saturated heterocycles. The number of amides is 1. The van der Waals surface area contributed by atoms with Crippen LogP contribution in [0.5, 0.6) is 0 Å². The number of nitrogens with one attached hydrogen (secondary N) is 1. The highest BCUT2D eigenvalue weighted by Crippen LogP contribution is 2.15. The lowest BCUT2D eigenvalue weighted by Gasteiger charge is -2.23. The van der Waals surface area contributed by atoms with Crippen LogP contribution >= 0.6 is 15.9 Å². The first-order chi connectivity index (χ1) is 8.31. The van der Waals surface area contributed by atoms with Crippen LogP contribution in [0.3, 0.4) is 0 Å². The van der Waals surface area contributed by atoms with Crippen molar-refractivity contribution in [3.05, 3.63) is 28.5 Å². The van der Waals surface area contributed by atoms with Crippen LogP contribution in [0.25, 0.3) is 0 Å². The maximum Gasteiger partial charge on any atom is 0.408 e. The normalized spacial score (nSPS) is 12.9. The third-order valence-corrected chi connectivity index (χ3v) is 2.55. The van der Waals surface area contributed by atoms with Gasteiger partial charge in [-0.2, -0.15) is 0 Å². The smallest absolute Gasteiger partial charge is 0.408 e. The average Bonchev–Trinajstić information content (AvgIpc) is 2.25. The molecule has 1 atom stereocenters. The van der Waals surface area contributed by atoms with E-state index in [-0.39, 0.29) is 12.6 Å². The monoisotopic (exact) mass is 315 g/mol. The van der Waals surface area contributed by atoms with Crippen LogP contribution in [-0.4, -0.2) is 23.2 Å². The number of halogens is 1. The van der Waals surface area contributed by atoms with Gasteiger partial charge in [-0.05, 0) is 48.3 Å². The minimum absolute atomic E-state index is 0.280. The second-order valence-electron chi connectivity index (χ2n) is 4.85. The van der Waals surface area contributed by atoms with Crippen molar-refractivity contribution in [3.8, 4) is 0 Å². The molecule has 0 fully saturated rings. The van der Waals surface area contributed by atoms with E-state index in [2.05, 4.69) is 26.2 Å². The number of hydrogen-bond donors (Lipinski definition) is 2. The molecule has 0 aliphatic heterocycles. The van der Waals surface area contributed by atoms with Gasteiger partial charge in [0, 0.05) is 12.7 Å². The van der Waals surface area contributed by atoms with E-state index in [1.807, 2.05) is 26.8 Å². The number of pyridine rings is 1. The van der Waals surface area contributed by atoms with E-state index in [1.165, 1.54) is 0 Å². The van der Waals surface area contributed by atoms with Crippen molar-refractivity contribution in [2.75, 3.05) is 6.54 Å². The number of alkyl carbamates (subject to hydrolysis) is 1. The Hall–Kier alpha value is -1.14. The van der Waals surface area contributed by atoms with Gasteiger partial charge in [-0.1, -0.05) is 6.07 Å². The molecule has 0 radical (unpaired) electrons. The maximum absolute atomic E-state index is 11.6. The van der Waals surface area contributed by atoms with Gasteiger partial charge in [-0.3, -0.25) is 0 Å². The number of ether oxygens (including phenoxy) is 1. The summed E-state index contributed by atoms with van der Waals surface area (Å²) >= 11 is 3.25. The molecule has 0 aliphatic carbocycles. The van der Waals surface area contributed by atoms with Crippen LogP contribution in [0.15, 0.2) is 22.9 Å². The minimum Gasteiger partial charge on any atom is -0.444 e. The van der Waals surface area contributed by atoms with Crippen molar-refractivity contribution < 1.29 is 9.53 Å². The van der Waals surface area contributed by atoms with Crippen molar-refractivity contribution in [3.63, 3.8) is 0 Å². The van der Waals surface area contributed by atoms with Crippen LogP contribution in [0, 0.1) is 0 Å². The Kier molecular flexibility index (Phi) is 5.10. The van der Waals surface area contributed by atoms with Crippen molar-refractivity contribution in [1.82, 2.24) is 10.3 Å². The SMILES string of the molecule is CC(C)(C)OC(=O)NC(CN)c1ccc(Br)nc1. The molecule has 3 N–H and O–H groups in total. The lowest BCUT2D eigenvalue weighted by Crippen LogP contribution is -2.37. The summed E-state index contributed by atoms with van der Waals surface area (Å²) in [7, 11) is 0. The molecule has 0 aliphatic rings. The Balaban J connectivity index is 2.68. The molecule has 0 bridgehead atoms. The number of rotatable bonds is 3. The molecule has 1 heterocycles. The molecule has 0 aromatic carbocycles. The number of carbonyl (C=O) groups is 1. The van der Waals surface area contributed by atoms with Gasteiger partial charge in [-0.15, -0.1) is 0 Å². The summed E-state index contributed by atoms with van der Waals surface area (Å²) in [4.78, 5) is 15.7. The molecule has 1 amide bonds. The molecule has 1 aromatic rings. The number of aromatic nitrogens is 1. The van der Waals surface area contributed by atoms with Crippen LogP contribution in [0.1, 0.15) is 32.4 Å². The highest BCUT2D eigenvalue weighted by atomic mass is 79.9. The lowest BCUT2D eigenvalue weighted by atomic mass is 10.1. The van der Waals surface area contributed by atoms with Gasteiger partial charge < -0.3 is 15.8 Å². The summed E-state index contributed by atoms with van der Waals surface area (Å²) in [6, 6.07) is 3.35. The number of nitrogens with two attached hydrogens (primary N) is 1. The molecule has 0 saturated carbocycles. The molecule has 100 valence electrons. The Bertz CT molecular complexity index is 401. The van der Waals surface area contributed by atoms with Crippen LogP contribution in [0.2, 0.25) is 0 Å². The highest BCUT2D eigenvalue weighted by Gasteiger charge is 2.19. The van der Waals surface area contributed by atoms with E-state index in [1.54, 1.807) is 12.3 Å². The van der Waals surface area contributed by atoms with Crippen molar-refractivity contribution in [1.29, 1.82) is 0 Å². The zero-order chi connectivity index (χ0) is 13.8. The van der Waals surface area contributed by atoms with Crippen molar-refractivity contribution in [2.45, 2.75) is 32.4 Å². The molecule has 0 spiro atoms. The predicted molar refractivity (Wildman–Crippen MR) is 73.1 cm³/mol. The van der Waals surface area contributed by atoms with Gasteiger partial charge >= 0.3 is 6.09 Å². The van der Waals surface area contributed by atoms with Crippen LogP contribution in [-0.2, 0) is 4.74 Å². The quantitative estimate of drug-likeness (QED) is 0.839. The van der Waals surface area contributed by atoms with Crippen molar-refractivity contribution in [2.24, 2.45) is 5.73 Å². The van der Waals surface area contributed by atoms with Gasteiger partial charge in [0.1, 0.15) is 10.2 Å². The Labute approximate surface area is 115 Å². The Morgan fingerprint density at radius 3 is 2.67 bits per heavy atom. The maximum atomic E-state index is 11.6. The summed E-state index contributed by atoms with van der Waals surface area (Å²) in [5, 5.41) is 2.72. The zero-order valence-corrected chi connectivity index (χ0v) is 12.3. The van der Waals surface area contributed by atoms with E-state index < -0.39 is 11.7 Å². The minimum atomic E-state index is -0.527. The standard InChI is InChI=1S/C12H18BrN3O2/c1-12(2,3)18-11(17)16-9(6-14)8-4-5-10(13)15-7-8/h4-5,7,9H,6,14H2,1-3H3,(H,16,17). The predicted octanol–water partition coefficient (Wildman–Crippen LogP) is 2.37. The fourth-order valence-corrected chi connectivity index (χ4v) is 1.56. The molecule has 1 aromatic heterocycles.